The Morgan fingerprint density at radius 3 is 2.19 bits per heavy atom. The van der Waals surface area contributed by atoms with Crippen LogP contribution in [0, 0.1) is 0 Å². The number of carbonyl (C=O) groups excluding carboxylic acids is 1. The molecule has 0 amide bonds. The predicted octanol–water partition coefficient (Wildman–Crippen LogP) is 6.65. The van der Waals surface area contributed by atoms with Crippen LogP contribution in [-0.4, -0.2) is 30.9 Å². The maximum absolute atomic E-state index is 14.7. The molecule has 2 heterocycles. The fourth-order valence-corrected chi connectivity index (χ4v) is 7.27. The minimum atomic E-state index is -0.886. The van der Waals surface area contributed by atoms with Crippen LogP contribution in [-0.2, 0) is 9.53 Å². The first kappa shape index (κ1) is 30.2. The maximum Gasteiger partial charge on any atom is 0.338 e. The summed E-state index contributed by atoms with van der Waals surface area (Å²) in [6, 6.07) is 32.4. The lowest BCUT2D eigenvalue weighted by atomic mass is 9.89. The van der Waals surface area contributed by atoms with Gasteiger partial charge in [-0.25, -0.2) is 9.79 Å². The van der Waals surface area contributed by atoms with Gasteiger partial charge in [-0.1, -0.05) is 102 Å². The summed E-state index contributed by atoms with van der Waals surface area (Å²) in [4.78, 5) is 34.3. The second-order valence-electron chi connectivity index (χ2n) is 11.0. The van der Waals surface area contributed by atoms with E-state index in [1.807, 2.05) is 116 Å². The van der Waals surface area contributed by atoms with Gasteiger partial charge in [0.25, 0.3) is 5.56 Å². The third kappa shape index (κ3) is 5.30. The third-order valence-corrected chi connectivity index (χ3v) is 9.29. The van der Waals surface area contributed by atoms with Crippen molar-refractivity contribution in [1.29, 1.82) is 0 Å². The SMILES string of the molecule is CCOC(=O)C1=C(c2ccccc2)N=c2sc(=Cc3c(OCC)ccc4ccccc34)c(=O)n2C1c1c(OC)ccc2ccccc12. The molecule has 0 saturated carbocycles. The molecule has 0 bridgehead atoms. The number of hydrogen-bond acceptors (Lipinski definition) is 7. The highest BCUT2D eigenvalue weighted by Gasteiger charge is 2.37. The van der Waals surface area contributed by atoms with E-state index < -0.39 is 12.0 Å². The van der Waals surface area contributed by atoms with Crippen LogP contribution in [0.3, 0.4) is 0 Å². The van der Waals surface area contributed by atoms with Gasteiger partial charge in [0.15, 0.2) is 4.80 Å². The number of nitrogens with zero attached hydrogens (tertiary/aromatic N) is 2. The van der Waals surface area contributed by atoms with Crippen LogP contribution >= 0.6 is 11.3 Å². The number of benzene rings is 5. The molecule has 0 N–H and O–H groups in total. The minimum absolute atomic E-state index is 0.162. The van der Waals surface area contributed by atoms with Crippen LogP contribution in [0.15, 0.2) is 118 Å². The van der Waals surface area contributed by atoms with Crippen LogP contribution in [0.5, 0.6) is 11.5 Å². The highest BCUT2D eigenvalue weighted by atomic mass is 32.1. The number of esters is 1. The number of methoxy groups -OCH3 is 1. The van der Waals surface area contributed by atoms with E-state index in [1.165, 1.54) is 11.3 Å². The Labute approximate surface area is 275 Å². The van der Waals surface area contributed by atoms with Crippen molar-refractivity contribution < 1.29 is 19.0 Å². The van der Waals surface area contributed by atoms with E-state index in [0.29, 0.717) is 38.7 Å². The van der Waals surface area contributed by atoms with Crippen molar-refractivity contribution in [3.63, 3.8) is 0 Å². The number of rotatable bonds is 8. The van der Waals surface area contributed by atoms with Crippen molar-refractivity contribution in [3.05, 3.63) is 145 Å². The summed E-state index contributed by atoms with van der Waals surface area (Å²) in [5, 5.41) is 3.80. The zero-order valence-electron chi connectivity index (χ0n) is 26.2. The van der Waals surface area contributed by atoms with Crippen molar-refractivity contribution in [1.82, 2.24) is 4.57 Å². The summed E-state index contributed by atoms with van der Waals surface area (Å²) in [7, 11) is 1.60. The molecule has 5 aromatic carbocycles. The summed E-state index contributed by atoms with van der Waals surface area (Å²) in [6.07, 6.45) is 1.88. The molecule has 1 aliphatic heterocycles. The fraction of sp³-hybridized carbons (Fsp3) is 0.154. The number of ether oxygens (including phenoxy) is 3. The topological polar surface area (TPSA) is 79.1 Å². The third-order valence-electron chi connectivity index (χ3n) is 8.30. The maximum atomic E-state index is 14.7. The number of hydrogen-bond donors (Lipinski definition) is 0. The van der Waals surface area contributed by atoms with Gasteiger partial charge in [0, 0.05) is 16.7 Å². The first-order valence-corrected chi connectivity index (χ1v) is 16.3. The molecule has 0 aliphatic carbocycles. The van der Waals surface area contributed by atoms with Gasteiger partial charge >= 0.3 is 5.97 Å². The number of thiazole rings is 1. The van der Waals surface area contributed by atoms with Gasteiger partial charge < -0.3 is 14.2 Å². The van der Waals surface area contributed by atoms with E-state index in [2.05, 4.69) is 0 Å². The molecule has 7 nitrogen and oxygen atoms in total. The van der Waals surface area contributed by atoms with E-state index in [9.17, 15) is 9.59 Å². The molecule has 1 aromatic heterocycles. The largest absolute Gasteiger partial charge is 0.496 e. The van der Waals surface area contributed by atoms with Crippen molar-refractivity contribution in [2.24, 2.45) is 4.99 Å². The fourth-order valence-electron chi connectivity index (χ4n) is 6.29. The van der Waals surface area contributed by atoms with Gasteiger partial charge in [-0.15, -0.1) is 0 Å². The number of carbonyl (C=O) groups is 1. The van der Waals surface area contributed by atoms with Gasteiger partial charge in [-0.05, 0) is 53.6 Å². The Hall–Kier alpha value is -5.47. The predicted molar refractivity (Wildman–Crippen MR) is 187 cm³/mol. The van der Waals surface area contributed by atoms with Crippen LogP contribution in [0.4, 0.5) is 0 Å². The van der Waals surface area contributed by atoms with E-state index >= 15 is 0 Å². The smallest absolute Gasteiger partial charge is 0.338 e. The molecule has 0 saturated heterocycles. The van der Waals surface area contributed by atoms with Crippen molar-refractivity contribution >= 4 is 50.6 Å². The zero-order chi connectivity index (χ0) is 32.5. The van der Waals surface area contributed by atoms with Crippen LogP contribution in [0.25, 0.3) is 33.3 Å². The van der Waals surface area contributed by atoms with Crippen LogP contribution in [0.1, 0.15) is 36.6 Å². The normalized spacial score (nSPS) is 14.6. The van der Waals surface area contributed by atoms with E-state index in [-0.39, 0.29) is 17.7 Å². The Kier molecular flexibility index (Phi) is 8.18. The van der Waals surface area contributed by atoms with E-state index in [1.54, 1.807) is 18.6 Å². The highest BCUT2D eigenvalue weighted by Crippen LogP contribution is 2.42. The lowest BCUT2D eigenvalue weighted by molar-refractivity contribution is -0.138. The van der Waals surface area contributed by atoms with Gasteiger partial charge in [-0.3, -0.25) is 9.36 Å². The van der Waals surface area contributed by atoms with Gasteiger partial charge in [0.1, 0.15) is 17.5 Å². The van der Waals surface area contributed by atoms with Gasteiger partial charge in [0.05, 0.1) is 36.1 Å². The molecule has 8 heteroatoms. The quantitative estimate of drug-likeness (QED) is 0.174. The molecule has 234 valence electrons. The van der Waals surface area contributed by atoms with Crippen molar-refractivity contribution in [3.8, 4) is 11.5 Å². The summed E-state index contributed by atoms with van der Waals surface area (Å²) >= 11 is 1.28. The molecule has 0 spiro atoms. The molecule has 1 aliphatic rings. The van der Waals surface area contributed by atoms with E-state index in [4.69, 9.17) is 19.2 Å². The molecule has 0 radical (unpaired) electrons. The van der Waals surface area contributed by atoms with Crippen LogP contribution < -0.4 is 24.4 Å². The first-order chi connectivity index (χ1) is 23.0. The molecule has 47 heavy (non-hydrogen) atoms. The second kappa shape index (κ2) is 12.7. The highest BCUT2D eigenvalue weighted by molar-refractivity contribution is 7.07. The average molecular weight is 641 g/mol. The zero-order valence-corrected chi connectivity index (χ0v) is 27.0. The van der Waals surface area contributed by atoms with E-state index in [0.717, 1.165) is 32.7 Å². The first-order valence-electron chi connectivity index (χ1n) is 15.5. The minimum Gasteiger partial charge on any atom is -0.496 e. The van der Waals surface area contributed by atoms with Crippen LogP contribution in [0.2, 0.25) is 0 Å². The summed E-state index contributed by atoms with van der Waals surface area (Å²) in [6.45, 7) is 4.34. The summed E-state index contributed by atoms with van der Waals surface area (Å²) in [5.41, 5.74) is 2.68. The number of fused-ring (bicyclic) bond motifs is 3. The Morgan fingerprint density at radius 2 is 1.49 bits per heavy atom. The molecular formula is C39H32N2O5S. The lowest BCUT2D eigenvalue weighted by Gasteiger charge is -2.28. The lowest BCUT2D eigenvalue weighted by Crippen LogP contribution is -2.40. The standard InChI is InChI=1S/C39H32N2O5S/c1-4-45-30-21-19-24-13-9-11-17-27(24)29(30)23-32-37(42)41-36(33-28-18-12-10-14-25(28)20-22-31(33)44-3)34(38(43)46-5-2)35(40-39(41)47-32)26-15-7-6-8-16-26/h6-23,36H,4-5H2,1-3H3. The average Bonchev–Trinajstić information content (AvgIpc) is 3.42. The molecule has 1 unspecified atom stereocenters. The molecule has 0 fully saturated rings. The monoisotopic (exact) mass is 640 g/mol. The molecule has 7 rings (SSSR count). The van der Waals surface area contributed by atoms with Gasteiger partial charge in [-0.2, -0.15) is 0 Å². The number of aromatic nitrogens is 1. The second-order valence-corrected chi connectivity index (χ2v) is 12.0. The Bertz CT molecular complexity index is 2370. The summed E-state index contributed by atoms with van der Waals surface area (Å²) in [5.74, 6) is 0.686. The van der Waals surface area contributed by atoms with Crippen molar-refractivity contribution in [2.75, 3.05) is 20.3 Å². The molecule has 6 aromatic rings. The Balaban J connectivity index is 1.61. The van der Waals surface area contributed by atoms with Crippen molar-refractivity contribution in [2.45, 2.75) is 19.9 Å². The molecular weight excluding hydrogens is 609 g/mol. The molecule has 1 atom stereocenters. The van der Waals surface area contributed by atoms with Gasteiger partial charge in [0.2, 0.25) is 0 Å². The summed E-state index contributed by atoms with van der Waals surface area (Å²) < 4.78 is 19.7. The Morgan fingerprint density at radius 1 is 0.830 bits per heavy atom.